The predicted molar refractivity (Wildman–Crippen MR) is 76.9 cm³/mol. The van der Waals surface area contributed by atoms with Gasteiger partial charge in [-0.2, -0.15) is 5.10 Å². The molecule has 106 valence electrons. The average Bonchev–Trinajstić information content (AvgIpc) is 3.04. The molecule has 1 fully saturated rings. The summed E-state index contributed by atoms with van der Waals surface area (Å²) in [5.74, 6) is 1.46. The highest BCUT2D eigenvalue weighted by atomic mass is 16.1. The van der Waals surface area contributed by atoms with Crippen LogP contribution < -0.4 is 0 Å². The number of fused-ring (bicyclic) bond motifs is 1. The van der Waals surface area contributed by atoms with Crippen LogP contribution >= 0.6 is 0 Å². The lowest BCUT2D eigenvalue weighted by Crippen LogP contribution is -2.28. The first-order chi connectivity index (χ1) is 9.67. The highest BCUT2D eigenvalue weighted by molar-refractivity contribution is 5.73. The fraction of sp³-hybridized carbons (Fsp3) is 0.533. The Morgan fingerprint density at radius 3 is 3.00 bits per heavy atom. The molecule has 0 N–H and O–H groups in total. The van der Waals surface area contributed by atoms with Crippen LogP contribution in [0.4, 0.5) is 0 Å². The fourth-order valence-corrected chi connectivity index (χ4v) is 2.90. The number of carbonyl (C=O) groups excluding carboxylic acids is 1. The van der Waals surface area contributed by atoms with Gasteiger partial charge in [0, 0.05) is 19.0 Å². The zero-order valence-electron chi connectivity index (χ0n) is 12.0. The van der Waals surface area contributed by atoms with Crippen LogP contribution in [-0.2, 0) is 6.42 Å². The number of carbonyl (C=O) groups is 1. The van der Waals surface area contributed by atoms with E-state index in [4.69, 9.17) is 0 Å². The van der Waals surface area contributed by atoms with Gasteiger partial charge in [-0.3, -0.25) is 4.79 Å². The molecule has 1 unspecified atom stereocenters. The van der Waals surface area contributed by atoms with Crippen molar-refractivity contribution >= 4 is 11.9 Å². The molecule has 0 spiro atoms. The molecule has 20 heavy (non-hydrogen) atoms. The minimum Gasteiger partial charge on any atom is -0.301 e. The van der Waals surface area contributed by atoms with Crippen molar-refractivity contribution in [3.8, 4) is 0 Å². The van der Waals surface area contributed by atoms with Crippen LogP contribution in [0.25, 0.3) is 5.65 Å². The summed E-state index contributed by atoms with van der Waals surface area (Å²) in [5, 5.41) is 4.47. The van der Waals surface area contributed by atoms with Gasteiger partial charge in [0.15, 0.2) is 17.8 Å². The van der Waals surface area contributed by atoms with Crippen molar-refractivity contribution < 1.29 is 4.79 Å². The summed E-state index contributed by atoms with van der Waals surface area (Å²) >= 11 is 0. The van der Waals surface area contributed by atoms with Crippen LogP contribution in [0.1, 0.15) is 36.6 Å². The molecule has 2 aromatic heterocycles. The Balaban J connectivity index is 1.77. The van der Waals surface area contributed by atoms with E-state index in [0.29, 0.717) is 17.7 Å². The third-order valence-electron chi connectivity index (χ3n) is 4.07. The topological polar surface area (TPSA) is 50.5 Å². The van der Waals surface area contributed by atoms with Gasteiger partial charge in [0.1, 0.15) is 5.69 Å². The molecule has 3 heterocycles. The van der Waals surface area contributed by atoms with Crippen molar-refractivity contribution in [3.05, 3.63) is 29.7 Å². The minimum absolute atomic E-state index is 0.552. The first-order valence-electron chi connectivity index (χ1n) is 7.21. The molecule has 1 atom stereocenters. The number of likely N-dealkylation sites (tertiary alicyclic amines) is 1. The quantitative estimate of drug-likeness (QED) is 0.797. The van der Waals surface area contributed by atoms with E-state index in [2.05, 4.69) is 28.8 Å². The van der Waals surface area contributed by atoms with Gasteiger partial charge in [0.2, 0.25) is 0 Å². The summed E-state index contributed by atoms with van der Waals surface area (Å²) in [6.45, 7) is 6.76. The Morgan fingerprint density at radius 2 is 2.30 bits per heavy atom. The number of rotatable bonds is 4. The van der Waals surface area contributed by atoms with E-state index in [1.807, 2.05) is 12.1 Å². The maximum absolute atomic E-state index is 11.0. The van der Waals surface area contributed by atoms with E-state index in [9.17, 15) is 4.79 Å². The number of nitrogens with zero attached hydrogens (tertiary/aromatic N) is 4. The number of aldehydes is 1. The van der Waals surface area contributed by atoms with Crippen molar-refractivity contribution in [3.63, 3.8) is 0 Å². The van der Waals surface area contributed by atoms with Crippen LogP contribution in [-0.4, -0.2) is 44.9 Å². The lowest BCUT2D eigenvalue weighted by Gasteiger charge is -2.19. The Labute approximate surface area is 118 Å². The molecule has 1 aliphatic heterocycles. The molecule has 1 aliphatic rings. The third-order valence-corrected chi connectivity index (χ3v) is 4.07. The van der Waals surface area contributed by atoms with Gasteiger partial charge in [0.25, 0.3) is 0 Å². The number of aromatic nitrogens is 3. The molecule has 0 aromatic carbocycles. The second kappa shape index (κ2) is 5.32. The molecule has 0 saturated carbocycles. The van der Waals surface area contributed by atoms with Gasteiger partial charge < -0.3 is 4.90 Å². The van der Waals surface area contributed by atoms with E-state index >= 15 is 0 Å². The molecule has 0 bridgehead atoms. The predicted octanol–water partition coefficient (Wildman–Crippen LogP) is 1.81. The Hall–Kier alpha value is -1.75. The van der Waals surface area contributed by atoms with Gasteiger partial charge >= 0.3 is 0 Å². The summed E-state index contributed by atoms with van der Waals surface area (Å²) in [4.78, 5) is 18.0. The van der Waals surface area contributed by atoms with Crippen LogP contribution in [0.5, 0.6) is 0 Å². The van der Waals surface area contributed by atoms with E-state index < -0.39 is 0 Å². The molecular formula is C15H20N4O. The summed E-state index contributed by atoms with van der Waals surface area (Å²) in [6, 6.07) is 6.09. The smallest absolute Gasteiger partial charge is 0.168 e. The average molecular weight is 272 g/mol. The van der Waals surface area contributed by atoms with Crippen LogP contribution in [0.2, 0.25) is 0 Å². The minimum atomic E-state index is 0.552. The van der Waals surface area contributed by atoms with Crippen molar-refractivity contribution in [1.29, 1.82) is 0 Å². The molecule has 1 saturated heterocycles. The SMILES string of the molecule is CC(C)N1CCC(Cc2nc3cccc(C=O)n3n2)C1. The zero-order valence-corrected chi connectivity index (χ0v) is 12.0. The second-order valence-corrected chi connectivity index (χ2v) is 5.81. The summed E-state index contributed by atoms with van der Waals surface area (Å²) in [7, 11) is 0. The Kier molecular flexibility index (Phi) is 3.53. The molecular weight excluding hydrogens is 252 g/mol. The molecule has 5 heteroatoms. The van der Waals surface area contributed by atoms with Gasteiger partial charge in [-0.25, -0.2) is 9.50 Å². The molecule has 3 rings (SSSR count). The van der Waals surface area contributed by atoms with Gasteiger partial charge in [-0.1, -0.05) is 6.07 Å². The molecule has 5 nitrogen and oxygen atoms in total. The first-order valence-corrected chi connectivity index (χ1v) is 7.21. The highest BCUT2D eigenvalue weighted by Crippen LogP contribution is 2.21. The molecule has 0 amide bonds. The first kappa shape index (κ1) is 13.2. The van der Waals surface area contributed by atoms with Crippen LogP contribution in [0, 0.1) is 5.92 Å². The number of pyridine rings is 1. The van der Waals surface area contributed by atoms with E-state index in [0.717, 1.165) is 37.3 Å². The fourth-order valence-electron chi connectivity index (χ4n) is 2.90. The van der Waals surface area contributed by atoms with E-state index in [1.165, 1.54) is 6.42 Å². The summed E-state index contributed by atoms with van der Waals surface area (Å²) < 4.78 is 1.64. The van der Waals surface area contributed by atoms with Gasteiger partial charge in [0.05, 0.1) is 0 Å². The Bertz CT molecular complexity index is 619. The van der Waals surface area contributed by atoms with Crippen molar-refractivity contribution in [1.82, 2.24) is 19.5 Å². The van der Waals surface area contributed by atoms with Crippen LogP contribution in [0.15, 0.2) is 18.2 Å². The van der Waals surface area contributed by atoms with E-state index in [-0.39, 0.29) is 0 Å². The maximum atomic E-state index is 11.0. The number of hydrogen-bond acceptors (Lipinski definition) is 4. The summed E-state index contributed by atoms with van der Waals surface area (Å²) in [5.41, 5.74) is 1.31. The molecule has 2 aromatic rings. The third kappa shape index (κ3) is 2.45. The zero-order chi connectivity index (χ0) is 14.1. The second-order valence-electron chi connectivity index (χ2n) is 5.81. The number of hydrogen-bond donors (Lipinski definition) is 0. The lowest BCUT2D eigenvalue weighted by molar-refractivity contribution is 0.111. The van der Waals surface area contributed by atoms with Crippen molar-refractivity contribution in [2.45, 2.75) is 32.7 Å². The largest absolute Gasteiger partial charge is 0.301 e. The monoisotopic (exact) mass is 272 g/mol. The van der Waals surface area contributed by atoms with E-state index in [1.54, 1.807) is 10.6 Å². The Morgan fingerprint density at radius 1 is 1.45 bits per heavy atom. The highest BCUT2D eigenvalue weighted by Gasteiger charge is 2.25. The van der Waals surface area contributed by atoms with Crippen molar-refractivity contribution in [2.75, 3.05) is 13.1 Å². The molecule has 0 aliphatic carbocycles. The van der Waals surface area contributed by atoms with Gasteiger partial charge in [-0.15, -0.1) is 0 Å². The van der Waals surface area contributed by atoms with Crippen LogP contribution in [0.3, 0.4) is 0 Å². The normalized spacial score (nSPS) is 20.1. The van der Waals surface area contributed by atoms with Crippen molar-refractivity contribution in [2.24, 2.45) is 5.92 Å². The summed E-state index contributed by atoms with van der Waals surface area (Å²) in [6.07, 6.45) is 2.92. The molecule has 0 radical (unpaired) electrons. The maximum Gasteiger partial charge on any atom is 0.168 e. The van der Waals surface area contributed by atoms with Gasteiger partial charge in [-0.05, 0) is 44.9 Å². The lowest BCUT2D eigenvalue weighted by atomic mass is 10.1. The standard InChI is InChI=1S/C15H20N4O/c1-11(2)18-7-6-12(9-18)8-14-16-15-5-3-4-13(10-20)19(15)17-14/h3-5,10-12H,6-9H2,1-2H3.